The molecule has 1 aliphatic heterocycles. The SMILES string of the molecule is COC1CCCC1C1COCCN1C(=O)NCc1cccc2cccnc12. The lowest BCUT2D eigenvalue weighted by molar-refractivity contribution is -0.0399. The molecule has 27 heavy (non-hydrogen) atoms. The van der Waals surface area contributed by atoms with Gasteiger partial charge in [-0.1, -0.05) is 30.7 Å². The fraction of sp³-hybridized carbons (Fsp3) is 0.524. The average molecular weight is 369 g/mol. The van der Waals surface area contributed by atoms with Crippen molar-refractivity contribution in [1.82, 2.24) is 15.2 Å². The summed E-state index contributed by atoms with van der Waals surface area (Å²) in [7, 11) is 1.77. The fourth-order valence-electron chi connectivity index (χ4n) is 4.50. The molecule has 0 radical (unpaired) electrons. The maximum Gasteiger partial charge on any atom is 0.318 e. The summed E-state index contributed by atoms with van der Waals surface area (Å²) in [5.41, 5.74) is 1.97. The van der Waals surface area contributed by atoms with Crippen LogP contribution in [0.1, 0.15) is 24.8 Å². The van der Waals surface area contributed by atoms with E-state index in [0.29, 0.717) is 32.2 Å². The molecule has 0 spiro atoms. The van der Waals surface area contributed by atoms with Gasteiger partial charge in [0.15, 0.2) is 0 Å². The molecule has 1 aromatic carbocycles. The maximum absolute atomic E-state index is 13.0. The van der Waals surface area contributed by atoms with Gasteiger partial charge in [-0.3, -0.25) is 4.98 Å². The summed E-state index contributed by atoms with van der Waals surface area (Å²) < 4.78 is 11.4. The van der Waals surface area contributed by atoms with Gasteiger partial charge in [0, 0.05) is 37.7 Å². The highest BCUT2D eigenvalue weighted by Gasteiger charge is 2.40. The number of hydrogen-bond donors (Lipinski definition) is 1. The highest BCUT2D eigenvalue weighted by Crippen LogP contribution is 2.34. The average Bonchev–Trinajstić information content (AvgIpc) is 3.20. The van der Waals surface area contributed by atoms with Crippen LogP contribution >= 0.6 is 0 Å². The Kier molecular flexibility index (Phi) is 5.55. The molecule has 2 heterocycles. The number of rotatable bonds is 4. The third kappa shape index (κ3) is 3.77. The Labute approximate surface area is 159 Å². The predicted molar refractivity (Wildman–Crippen MR) is 103 cm³/mol. The minimum atomic E-state index is -0.0296. The predicted octanol–water partition coefficient (Wildman–Crippen LogP) is 2.96. The van der Waals surface area contributed by atoms with Crippen LogP contribution in [-0.4, -0.2) is 54.9 Å². The second kappa shape index (κ2) is 8.23. The van der Waals surface area contributed by atoms with Crippen molar-refractivity contribution in [3.63, 3.8) is 0 Å². The maximum atomic E-state index is 13.0. The molecule has 2 fully saturated rings. The highest BCUT2D eigenvalue weighted by molar-refractivity contribution is 5.82. The molecule has 1 saturated carbocycles. The van der Waals surface area contributed by atoms with Crippen molar-refractivity contribution in [2.45, 2.75) is 38.0 Å². The number of carbonyl (C=O) groups is 1. The van der Waals surface area contributed by atoms with E-state index in [2.05, 4.69) is 10.3 Å². The van der Waals surface area contributed by atoms with Gasteiger partial charge in [-0.15, -0.1) is 0 Å². The van der Waals surface area contributed by atoms with Crippen LogP contribution in [0.25, 0.3) is 10.9 Å². The zero-order chi connectivity index (χ0) is 18.6. The van der Waals surface area contributed by atoms with E-state index in [-0.39, 0.29) is 18.2 Å². The number of carbonyl (C=O) groups excluding carboxylic acids is 1. The number of nitrogens with zero attached hydrogens (tertiary/aromatic N) is 2. The first-order valence-corrected chi connectivity index (χ1v) is 9.75. The molecule has 3 atom stereocenters. The Morgan fingerprint density at radius 1 is 1.33 bits per heavy atom. The van der Waals surface area contributed by atoms with Crippen LogP contribution in [0, 0.1) is 5.92 Å². The number of fused-ring (bicyclic) bond motifs is 1. The van der Waals surface area contributed by atoms with E-state index in [4.69, 9.17) is 9.47 Å². The van der Waals surface area contributed by atoms with E-state index >= 15 is 0 Å². The summed E-state index contributed by atoms with van der Waals surface area (Å²) in [6.07, 6.45) is 5.31. The van der Waals surface area contributed by atoms with Crippen LogP contribution in [0.15, 0.2) is 36.5 Å². The lowest BCUT2D eigenvalue weighted by Gasteiger charge is -2.40. The van der Waals surface area contributed by atoms with Crippen LogP contribution < -0.4 is 5.32 Å². The lowest BCUT2D eigenvalue weighted by atomic mass is 9.94. The van der Waals surface area contributed by atoms with Crippen molar-refractivity contribution in [3.05, 3.63) is 42.1 Å². The second-order valence-corrected chi connectivity index (χ2v) is 7.36. The van der Waals surface area contributed by atoms with Gasteiger partial charge in [-0.25, -0.2) is 4.79 Å². The summed E-state index contributed by atoms with van der Waals surface area (Å²) in [6.45, 7) is 2.27. The van der Waals surface area contributed by atoms with E-state index < -0.39 is 0 Å². The molecular weight excluding hydrogens is 342 g/mol. The van der Waals surface area contributed by atoms with E-state index in [9.17, 15) is 4.79 Å². The normalized spacial score (nSPS) is 25.7. The molecule has 2 aliphatic rings. The number of ether oxygens (including phenoxy) is 2. The molecular formula is C21H27N3O3. The molecule has 4 rings (SSSR count). The van der Waals surface area contributed by atoms with Gasteiger partial charge in [0.1, 0.15) is 0 Å². The number of amides is 2. The molecule has 1 saturated heterocycles. The number of urea groups is 1. The van der Waals surface area contributed by atoms with E-state index in [1.165, 1.54) is 0 Å². The molecule has 0 bridgehead atoms. The van der Waals surface area contributed by atoms with Crippen LogP contribution in [-0.2, 0) is 16.0 Å². The fourth-order valence-corrected chi connectivity index (χ4v) is 4.50. The summed E-state index contributed by atoms with van der Waals surface area (Å²) >= 11 is 0. The Hall–Kier alpha value is -2.18. The largest absolute Gasteiger partial charge is 0.381 e. The highest BCUT2D eigenvalue weighted by atomic mass is 16.5. The van der Waals surface area contributed by atoms with Crippen LogP contribution in [0.2, 0.25) is 0 Å². The Morgan fingerprint density at radius 3 is 3.11 bits per heavy atom. The number of pyridine rings is 1. The first-order chi connectivity index (χ1) is 13.3. The van der Waals surface area contributed by atoms with Crippen LogP contribution in [0.5, 0.6) is 0 Å². The van der Waals surface area contributed by atoms with E-state index in [0.717, 1.165) is 35.7 Å². The molecule has 2 amide bonds. The second-order valence-electron chi connectivity index (χ2n) is 7.36. The molecule has 6 heteroatoms. The molecule has 6 nitrogen and oxygen atoms in total. The zero-order valence-corrected chi connectivity index (χ0v) is 15.8. The number of morpholine rings is 1. The first-order valence-electron chi connectivity index (χ1n) is 9.75. The lowest BCUT2D eigenvalue weighted by Crippen LogP contribution is -2.56. The number of hydrogen-bond acceptors (Lipinski definition) is 4. The van der Waals surface area contributed by atoms with Crippen molar-refractivity contribution in [2.24, 2.45) is 5.92 Å². The summed E-state index contributed by atoms with van der Waals surface area (Å²) in [5.74, 6) is 0.347. The van der Waals surface area contributed by atoms with Gasteiger partial charge < -0.3 is 19.7 Å². The summed E-state index contributed by atoms with van der Waals surface area (Å²) in [6, 6.07) is 10.1. The standard InChI is InChI=1S/C21H27N3O3/c1-26-19-9-3-8-17(19)18-14-27-12-11-24(18)21(25)23-13-16-6-2-5-15-7-4-10-22-20(15)16/h2,4-7,10,17-19H,3,8-9,11-14H2,1H3,(H,23,25). The Balaban J connectivity index is 1.46. The van der Waals surface area contributed by atoms with Crippen molar-refractivity contribution in [1.29, 1.82) is 0 Å². The molecule has 1 aliphatic carbocycles. The van der Waals surface area contributed by atoms with Crippen LogP contribution in [0.3, 0.4) is 0 Å². The smallest absolute Gasteiger partial charge is 0.318 e. The van der Waals surface area contributed by atoms with Gasteiger partial charge in [-0.2, -0.15) is 0 Å². The monoisotopic (exact) mass is 369 g/mol. The quantitative estimate of drug-likeness (QED) is 0.900. The molecule has 144 valence electrons. The topological polar surface area (TPSA) is 63.7 Å². The van der Waals surface area contributed by atoms with Crippen molar-refractivity contribution >= 4 is 16.9 Å². The third-order valence-corrected chi connectivity index (χ3v) is 5.87. The Bertz CT molecular complexity index is 792. The van der Waals surface area contributed by atoms with E-state index in [1.807, 2.05) is 35.2 Å². The van der Waals surface area contributed by atoms with E-state index in [1.54, 1.807) is 13.3 Å². The first kappa shape index (κ1) is 18.2. The molecule has 3 unspecified atom stereocenters. The zero-order valence-electron chi connectivity index (χ0n) is 15.8. The van der Waals surface area contributed by atoms with Gasteiger partial charge in [0.25, 0.3) is 0 Å². The summed E-state index contributed by atoms with van der Waals surface area (Å²) in [4.78, 5) is 19.4. The molecule has 1 aromatic heterocycles. The Morgan fingerprint density at radius 2 is 2.22 bits per heavy atom. The van der Waals surface area contributed by atoms with Crippen molar-refractivity contribution in [2.75, 3.05) is 26.9 Å². The molecule has 2 aromatic rings. The van der Waals surface area contributed by atoms with Crippen molar-refractivity contribution in [3.8, 4) is 0 Å². The number of nitrogens with one attached hydrogen (secondary N) is 1. The third-order valence-electron chi connectivity index (χ3n) is 5.87. The van der Waals surface area contributed by atoms with Crippen LogP contribution in [0.4, 0.5) is 4.79 Å². The van der Waals surface area contributed by atoms with Gasteiger partial charge >= 0.3 is 6.03 Å². The number of para-hydroxylation sites is 1. The minimum Gasteiger partial charge on any atom is -0.381 e. The number of aromatic nitrogens is 1. The summed E-state index contributed by atoms with van der Waals surface area (Å²) in [5, 5.41) is 4.18. The molecule has 1 N–H and O–H groups in total. The van der Waals surface area contributed by atoms with Gasteiger partial charge in [0.05, 0.1) is 30.9 Å². The van der Waals surface area contributed by atoms with Gasteiger partial charge in [-0.05, 0) is 24.5 Å². The van der Waals surface area contributed by atoms with Crippen molar-refractivity contribution < 1.29 is 14.3 Å². The van der Waals surface area contributed by atoms with Gasteiger partial charge in [0.2, 0.25) is 0 Å². The number of benzene rings is 1. The minimum absolute atomic E-state index is 0.0296. The number of methoxy groups -OCH3 is 1.